The average molecular weight is 565 g/mol. The largest absolute Gasteiger partial charge is 0.480 e. The van der Waals surface area contributed by atoms with E-state index in [-0.39, 0.29) is 35.7 Å². The van der Waals surface area contributed by atoms with Gasteiger partial charge in [-0.2, -0.15) is 11.8 Å². The van der Waals surface area contributed by atoms with Crippen molar-refractivity contribution in [2.45, 2.75) is 73.3 Å². The number of aliphatic carboxylic acids is 1. The second-order valence-corrected chi connectivity index (χ2v) is 12.6. The highest BCUT2D eigenvalue weighted by atomic mass is 32.2. The summed E-state index contributed by atoms with van der Waals surface area (Å²) in [6, 6.07) is -0.882. The van der Waals surface area contributed by atoms with Crippen molar-refractivity contribution in [1.82, 2.24) is 10.6 Å². The van der Waals surface area contributed by atoms with Crippen molar-refractivity contribution in [2.24, 2.45) is 10.8 Å². The normalized spacial score (nSPS) is 12.8. The highest BCUT2D eigenvalue weighted by Crippen LogP contribution is 2.21. The maximum atomic E-state index is 12.0. The number of carbonyl (C=O) groups excluding carboxylic acids is 2. The van der Waals surface area contributed by atoms with Crippen LogP contribution >= 0.6 is 11.8 Å². The molecule has 0 rings (SSSR count). The predicted molar refractivity (Wildman–Crippen MR) is 151 cm³/mol. The molecule has 0 fully saturated rings. The second-order valence-electron chi connectivity index (χ2n) is 11.5. The van der Waals surface area contributed by atoms with E-state index in [0.29, 0.717) is 71.4 Å². The number of carbonyl (C=O) groups is 3. The third kappa shape index (κ3) is 26.2. The quantitative estimate of drug-likeness (QED) is 0.160. The van der Waals surface area contributed by atoms with Crippen LogP contribution in [0.25, 0.3) is 0 Å². The Morgan fingerprint density at radius 3 is 1.76 bits per heavy atom. The van der Waals surface area contributed by atoms with Gasteiger partial charge >= 0.3 is 5.97 Å². The number of hydrogen-bond acceptors (Lipinski definition) is 8. The van der Waals surface area contributed by atoms with Gasteiger partial charge in [0.15, 0.2) is 0 Å². The lowest BCUT2D eigenvalue weighted by atomic mass is 9.90. The zero-order valence-corrected chi connectivity index (χ0v) is 25.2. The van der Waals surface area contributed by atoms with Crippen LogP contribution in [0.1, 0.15) is 67.2 Å². The van der Waals surface area contributed by atoms with Crippen LogP contribution in [0, 0.1) is 10.8 Å². The summed E-state index contributed by atoms with van der Waals surface area (Å²) in [5.74, 6) is 0.305. The Hall–Kier alpha value is -1.40. The van der Waals surface area contributed by atoms with Crippen molar-refractivity contribution in [3.05, 3.63) is 0 Å². The van der Waals surface area contributed by atoms with Crippen LogP contribution in [-0.4, -0.2) is 99.8 Å². The molecule has 0 bridgehead atoms. The third-order valence-electron chi connectivity index (χ3n) is 4.98. The number of carboxylic acids is 1. The number of amides is 2. The minimum atomic E-state index is -1.02. The molecule has 11 heteroatoms. The molecule has 0 aliphatic heterocycles. The number of rotatable bonds is 23. The molecule has 0 saturated heterocycles. The van der Waals surface area contributed by atoms with Crippen LogP contribution in [0.2, 0.25) is 0 Å². The molecule has 10 nitrogen and oxygen atoms in total. The summed E-state index contributed by atoms with van der Waals surface area (Å²) in [7, 11) is 0. The maximum Gasteiger partial charge on any atom is 0.326 e. The molecule has 1 atom stereocenters. The molecule has 0 aromatic carbocycles. The molecule has 38 heavy (non-hydrogen) atoms. The maximum absolute atomic E-state index is 12.0. The van der Waals surface area contributed by atoms with Gasteiger partial charge < -0.3 is 34.7 Å². The van der Waals surface area contributed by atoms with Gasteiger partial charge in [0.25, 0.3) is 0 Å². The van der Waals surface area contributed by atoms with E-state index in [9.17, 15) is 19.5 Å². The summed E-state index contributed by atoms with van der Waals surface area (Å²) in [5, 5.41) is 14.7. The van der Waals surface area contributed by atoms with E-state index in [0.717, 1.165) is 12.2 Å². The summed E-state index contributed by atoms with van der Waals surface area (Å²) in [6.07, 6.45) is 1.87. The van der Waals surface area contributed by atoms with E-state index in [1.165, 1.54) is 0 Å². The molecule has 0 aromatic rings. The lowest BCUT2D eigenvalue weighted by Gasteiger charge is -2.18. The molecule has 1 unspecified atom stereocenters. The highest BCUT2D eigenvalue weighted by Gasteiger charge is 2.20. The van der Waals surface area contributed by atoms with Crippen LogP contribution in [0.3, 0.4) is 0 Å². The molecule has 0 heterocycles. The van der Waals surface area contributed by atoms with Crippen molar-refractivity contribution >= 4 is 29.5 Å². The first kappa shape index (κ1) is 36.6. The molecule has 0 aromatic heterocycles. The molecular formula is C27H52N2O8S. The van der Waals surface area contributed by atoms with E-state index >= 15 is 0 Å². The van der Waals surface area contributed by atoms with Gasteiger partial charge in [0, 0.05) is 19.4 Å². The molecule has 0 aliphatic rings. The number of ether oxygens (including phenoxy) is 4. The van der Waals surface area contributed by atoms with Gasteiger partial charge in [-0.3, -0.25) is 9.59 Å². The first-order chi connectivity index (χ1) is 17.8. The van der Waals surface area contributed by atoms with E-state index < -0.39 is 12.0 Å². The molecule has 224 valence electrons. The summed E-state index contributed by atoms with van der Waals surface area (Å²) in [6.45, 7) is 16.3. The van der Waals surface area contributed by atoms with Gasteiger partial charge in [0.1, 0.15) is 6.04 Å². The minimum absolute atomic E-state index is 0.0488. The van der Waals surface area contributed by atoms with E-state index in [1.807, 2.05) is 0 Å². The van der Waals surface area contributed by atoms with Gasteiger partial charge in [-0.05, 0) is 35.2 Å². The van der Waals surface area contributed by atoms with Crippen molar-refractivity contribution < 1.29 is 38.4 Å². The Morgan fingerprint density at radius 2 is 1.26 bits per heavy atom. The first-order valence-electron chi connectivity index (χ1n) is 13.5. The smallest absolute Gasteiger partial charge is 0.326 e. The third-order valence-corrected chi connectivity index (χ3v) is 6.57. The summed E-state index contributed by atoms with van der Waals surface area (Å²) < 4.78 is 21.7. The van der Waals surface area contributed by atoms with Crippen LogP contribution in [0.15, 0.2) is 0 Å². The number of nitrogens with one attached hydrogen (secondary N) is 2. The van der Waals surface area contributed by atoms with Gasteiger partial charge in [-0.15, -0.1) is 0 Å². The molecular weight excluding hydrogens is 512 g/mol. The van der Waals surface area contributed by atoms with Crippen LogP contribution in [0.4, 0.5) is 0 Å². The Bertz CT molecular complexity index is 650. The van der Waals surface area contributed by atoms with E-state index in [4.69, 9.17) is 18.9 Å². The lowest BCUT2D eigenvalue weighted by Crippen LogP contribution is -2.41. The zero-order valence-electron chi connectivity index (χ0n) is 24.4. The van der Waals surface area contributed by atoms with Gasteiger partial charge in [-0.25, -0.2) is 4.79 Å². The van der Waals surface area contributed by atoms with Crippen LogP contribution in [0.5, 0.6) is 0 Å². The summed E-state index contributed by atoms with van der Waals surface area (Å²) in [4.78, 5) is 35.1. The lowest BCUT2D eigenvalue weighted by molar-refractivity contribution is -0.142. The standard InChI is InChI=1S/C27H52N2O8S/c1-26(2,3)10-7-23(30)28-11-13-35-15-17-37-19-18-36-16-14-34-12-8-24(31)29-22(25(32)33)9-20-38-21-27(4,5)6/h22H,7-21H2,1-6H3,(H,28,30)(H,29,31)(H,32,33). The molecule has 0 aliphatic carbocycles. The minimum Gasteiger partial charge on any atom is -0.480 e. The molecule has 0 radical (unpaired) electrons. The molecule has 0 saturated carbocycles. The monoisotopic (exact) mass is 564 g/mol. The highest BCUT2D eigenvalue weighted by molar-refractivity contribution is 7.99. The summed E-state index contributed by atoms with van der Waals surface area (Å²) in [5.41, 5.74) is 0.336. The predicted octanol–water partition coefficient (Wildman–Crippen LogP) is 3.12. The van der Waals surface area contributed by atoms with Crippen LogP contribution < -0.4 is 10.6 Å². The van der Waals surface area contributed by atoms with Gasteiger partial charge in [0.05, 0.1) is 52.9 Å². The second kappa shape index (κ2) is 21.4. The molecule has 2 amide bonds. The van der Waals surface area contributed by atoms with Crippen molar-refractivity contribution in [2.75, 3.05) is 70.9 Å². The van der Waals surface area contributed by atoms with Crippen LogP contribution in [-0.2, 0) is 33.3 Å². The Labute approximate surface area is 233 Å². The average Bonchev–Trinajstić information content (AvgIpc) is 2.80. The number of thioether (sulfide) groups is 1. The fourth-order valence-electron chi connectivity index (χ4n) is 2.87. The number of carboxylic acid groups (broad SMARTS) is 1. The Kier molecular flexibility index (Phi) is 20.6. The van der Waals surface area contributed by atoms with E-state index in [2.05, 4.69) is 52.2 Å². The number of hydrogen-bond donors (Lipinski definition) is 3. The first-order valence-corrected chi connectivity index (χ1v) is 14.6. The van der Waals surface area contributed by atoms with Crippen molar-refractivity contribution in [3.63, 3.8) is 0 Å². The Morgan fingerprint density at radius 1 is 0.737 bits per heavy atom. The van der Waals surface area contributed by atoms with Gasteiger partial charge in [0.2, 0.25) is 11.8 Å². The Balaban J connectivity index is 3.54. The molecule has 3 N–H and O–H groups in total. The van der Waals surface area contributed by atoms with Crippen molar-refractivity contribution in [3.8, 4) is 0 Å². The fourth-order valence-corrected chi connectivity index (χ4v) is 4.03. The van der Waals surface area contributed by atoms with E-state index in [1.54, 1.807) is 11.8 Å². The molecule has 0 spiro atoms. The fraction of sp³-hybridized carbons (Fsp3) is 0.889. The summed E-state index contributed by atoms with van der Waals surface area (Å²) >= 11 is 1.69. The SMILES string of the molecule is CC(C)(C)CCC(=O)NCCOCCOCCOCCOCCC(=O)NC(CCSCC(C)(C)C)C(=O)O. The topological polar surface area (TPSA) is 132 Å². The van der Waals surface area contributed by atoms with Gasteiger partial charge in [-0.1, -0.05) is 41.5 Å². The zero-order chi connectivity index (χ0) is 28.9. The van der Waals surface area contributed by atoms with Crippen molar-refractivity contribution in [1.29, 1.82) is 0 Å².